The molecule has 1 saturated heterocycles. The second-order valence-electron chi connectivity index (χ2n) is 6.15. The molecule has 2 aliphatic heterocycles. The van der Waals surface area contributed by atoms with Crippen molar-refractivity contribution in [3.05, 3.63) is 29.8 Å². The van der Waals surface area contributed by atoms with E-state index in [0.717, 1.165) is 11.3 Å². The van der Waals surface area contributed by atoms with Gasteiger partial charge < -0.3 is 9.64 Å². The van der Waals surface area contributed by atoms with Crippen molar-refractivity contribution in [2.24, 2.45) is 5.92 Å². The Bertz CT molecular complexity index is 656. The maximum atomic E-state index is 12.7. The van der Waals surface area contributed by atoms with Crippen LogP contribution < -0.4 is 4.74 Å². The van der Waals surface area contributed by atoms with Gasteiger partial charge in [0.05, 0.1) is 17.4 Å². The summed E-state index contributed by atoms with van der Waals surface area (Å²) in [5.41, 5.74) is 1.06. The number of sulfone groups is 1. The minimum Gasteiger partial charge on any atom is -0.492 e. The zero-order valence-corrected chi connectivity index (χ0v) is 13.5. The van der Waals surface area contributed by atoms with Crippen LogP contribution in [0.5, 0.6) is 5.75 Å². The van der Waals surface area contributed by atoms with Crippen LogP contribution in [0.3, 0.4) is 0 Å². The molecule has 1 atom stereocenters. The number of hydrogen-bond acceptors (Lipinski definition) is 4. The van der Waals surface area contributed by atoms with E-state index in [0.29, 0.717) is 25.9 Å². The zero-order chi connectivity index (χ0) is 15.7. The number of hydrogen-bond donors (Lipinski definition) is 0. The van der Waals surface area contributed by atoms with E-state index in [2.05, 4.69) is 0 Å². The molecule has 5 nitrogen and oxygen atoms in total. The number of carbonyl (C=O) groups excluding carboxylic acids is 1. The molecule has 0 bridgehead atoms. The zero-order valence-electron chi connectivity index (χ0n) is 12.7. The van der Waals surface area contributed by atoms with Crippen LogP contribution in [0.25, 0.3) is 0 Å². The largest absolute Gasteiger partial charge is 0.492 e. The summed E-state index contributed by atoms with van der Waals surface area (Å²) >= 11 is 0. The summed E-state index contributed by atoms with van der Waals surface area (Å²) in [5.74, 6) is 1.09. The van der Waals surface area contributed by atoms with Gasteiger partial charge in [-0.2, -0.15) is 0 Å². The van der Waals surface area contributed by atoms with Crippen LogP contribution in [0.1, 0.15) is 18.4 Å². The molecule has 1 amide bonds. The van der Waals surface area contributed by atoms with Gasteiger partial charge in [-0.25, -0.2) is 8.42 Å². The Hall–Kier alpha value is -1.56. The average Bonchev–Trinajstić information content (AvgIpc) is 2.53. The Morgan fingerprint density at radius 2 is 1.91 bits per heavy atom. The van der Waals surface area contributed by atoms with E-state index < -0.39 is 9.84 Å². The predicted molar refractivity (Wildman–Crippen MR) is 83.6 cm³/mol. The highest BCUT2D eigenvalue weighted by Gasteiger charge is 2.33. The summed E-state index contributed by atoms with van der Waals surface area (Å²) in [6.45, 7) is 0.394. The molecule has 0 aliphatic carbocycles. The van der Waals surface area contributed by atoms with Gasteiger partial charge in [-0.1, -0.05) is 18.2 Å². The molecular formula is C16H21NO4S. The van der Waals surface area contributed by atoms with Gasteiger partial charge in [0, 0.05) is 13.1 Å². The minimum atomic E-state index is -2.90. The summed E-state index contributed by atoms with van der Waals surface area (Å²) in [7, 11) is -1.12. The summed E-state index contributed by atoms with van der Waals surface area (Å²) < 4.78 is 28.7. The van der Waals surface area contributed by atoms with Crippen LogP contribution in [0.2, 0.25) is 0 Å². The minimum absolute atomic E-state index is 0.0215. The lowest BCUT2D eigenvalue weighted by Crippen LogP contribution is -2.46. The standard InChI is InChI=1S/C16H21NO4S/c1-17(14-6-8-22(19,20)9-7-14)16(18)13-10-12-4-2-3-5-15(12)21-11-13/h2-5,13-14H,6-11H2,1H3. The number of benzene rings is 1. The van der Waals surface area contributed by atoms with Crippen molar-refractivity contribution in [2.45, 2.75) is 25.3 Å². The third kappa shape index (κ3) is 3.11. The molecule has 0 radical (unpaired) electrons. The predicted octanol–water partition coefficient (Wildman–Crippen LogP) is 1.27. The highest BCUT2D eigenvalue weighted by atomic mass is 32.2. The Morgan fingerprint density at radius 3 is 2.64 bits per heavy atom. The van der Waals surface area contributed by atoms with Crippen LogP contribution in [0, 0.1) is 5.92 Å². The van der Waals surface area contributed by atoms with Crippen molar-refractivity contribution in [1.82, 2.24) is 4.90 Å². The number of nitrogens with zero attached hydrogens (tertiary/aromatic N) is 1. The summed E-state index contributed by atoms with van der Waals surface area (Å²) in [4.78, 5) is 14.4. The molecule has 0 saturated carbocycles. The molecule has 2 aliphatic rings. The van der Waals surface area contributed by atoms with Gasteiger partial charge in [0.15, 0.2) is 0 Å². The quantitative estimate of drug-likeness (QED) is 0.822. The topological polar surface area (TPSA) is 63.7 Å². The smallest absolute Gasteiger partial charge is 0.229 e. The number of ether oxygens (including phenoxy) is 1. The molecule has 0 aromatic heterocycles. The van der Waals surface area contributed by atoms with Crippen LogP contribution in [0.4, 0.5) is 0 Å². The van der Waals surface area contributed by atoms with E-state index >= 15 is 0 Å². The lowest BCUT2D eigenvalue weighted by molar-refractivity contribution is -0.137. The molecule has 120 valence electrons. The van der Waals surface area contributed by atoms with Gasteiger partial charge in [0.1, 0.15) is 22.2 Å². The molecule has 0 N–H and O–H groups in total. The van der Waals surface area contributed by atoms with Crippen molar-refractivity contribution in [2.75, 3.05) is 25.2 Å². The molecular weight excluding hydrogens is 302 g/mol. The Kier molecular flexibility index (Phi) is 4.12. The van der Waals surface area contributed by atoms with Gasteiger partial charge in [-0.3, -0.25) is 4.79 Å². The first kappa shape index (κ1) is 15.3. The van der Waals surface area contributed by atoms with Gasteiger partial charge in [-0.15, -0.1) is 0 Å². The monoisotopic (exact) mass is 323 g/mol. The summed E-state index contributed by atoms with van der Waals surface area (Å²) in [6.07, 6.45) is 1.76. The molecule has 1 fully saturated rings. The second-order valence-corrected chi connectivity index (χ2v) is 8.46. The first-order chi connectivity index (χ1) is 10.5. The fraction of sp³-hybridized carbons (Fsp3) is 0.562. The summed E-state index contributed by atoms with van der Waals surface area (Å²) in [6, 6.07) is 7.81. The fourth-order valence-electron chi connectivity index (χ4n) is 3.22. The maximum absolute atomic E-state index is 12.7. The van der Waals surface area contributed by atoms with Gasteiger partial charge in [0.2, 0.25) is 5.91 Å². The van der Waals surface area contributed by atoms with E-state index in [-0.39, 0.29) is 29.4 Å². The average molecular weight is 323 g/mol. The maximum Gasteiger partial charge on any atom is 0.229 e. The van der Waals surface area contributed by atoms with Crippen LogP contribution in [-0.2, 0) is 21.1 Å². The van der Waals surface area contributed by atoms with E-state index in [1.54, 1.807) is 11.9 Å². The molecule has 3 rings (SSSR count). The van der Waals surface area contributed by atoms with E-state index in [4.69, 9.17) is 4.74 Å². The van der Waals surface area contributed by atoms with E-state index in [1.165, 1.54) is 0 Å². The molecule has 1 aromatic carbocycles. The third-order valence-electron chi connectivity index (χ3n) is 4.65. The Morgan fingerprint density at radius 1 is 1.23 bits per heavy atom. The number of fused-ring (bicyclic) bond motifs is 1. The van der Waals surface area contributed by atoms with Crippen molar-refractivity contribution in [1.29, 1.82) is 0 Å². The number of rotatable bonds is 2. The van der Waals surface area contributed by atoms with Crippen LogP contribution in [0.15, 0.2) is 24.3 Å². The van der Waals surface area contributed by atoms with Crippen molar-refractivity contribution >= 4 is 15.7 Å². The van der Waals surface area contributed by atoms with Crippen LogP contribution >= 0.6 is 0 Å². The van der Waals surface area contributed by atoms with E-state index in [1.807, 2.05) is 24.3 Å². The lowest BCUT2D eigenvalue weighted by Gasteiger charge is -2.34. The number of amides is 1. The Labute approximate surface area is 131 Å². The first-order valence-electron chi connectivity index (χ1n) is 7.64. The first-order valence-corrected chi connectivity index (χ1v) is 9.46. The second kappa shape index (κ2) is 5.91. The highest BCUT2D eigenvalue weighted by Crippen LogP contribution is 2.28. The molecule has 2 heterocycles. The molecule has 1 unspecified atom stereocenters. The van der Waals surface area contributed by atoms with Crippen molar-refractivity contribution in [3.8, 4) is 5.75 Å². The van der Waals surface area contributed by atoms with Gasteiger partial charge in [-0.05, 0) is 30.9 Å². The molecule has 1 aromatic rings. The number of para-hydroxylation sites is 1. The SMILES string of the molecule is CN(C(=O)C1COc2ccccc2C1)C1CCS(=O)(=O)CC1. The number of carbonyl (C=O) groups is 1. The third-order valence-corrected chi connectivity index (χ3v) is 6.36. The molecule has 22 heavy (non-hydrogen) atoms. The van der Waals surface area contributed by atoms with Gasteiger partial charge >= 0.3 is 0 Å². The fourth-order valence-corrected chi connectivity index (χ4v) is 4.69. The van der Waals surface area contributed by atoms with Crippen molar-refractivity contribution in [3.63, 3.8) is 0 Å². The van der Waals surface area contributed by atoms with Crippen molar-refractivity contribution < 1.29 is 17.9 Å². The molecule has 6 heteroatoms. The molecule has 0 spiro atoms. The lowest BCUT2D eigenvalue weighted by atomic mass is 9.95. The Balaban J connectivity index is 1.65. The van der Waals surface area contributed by atoms with Crippen LogP contribution in [-0.4, -0.2) is 50.4 Å². The van der Waals surface area contributed by atoms with E-state index in [9.17, 15) is 13.2 Å². The van der Waals surface area contributed by atoms with Gasteiger partial charge in [0.25, 0.3) is 0 Å². The summed E-state index contributed by atoms with van der Waals surface area (Å²) in [5, 5.41) is 0. The highest BCUT2D eigenvalue weighted by molar-refractivity contribution is 7.91. The normalized spacial score (nSPS) is 24.1.